The SMILES string of the molecule is O=C(c1sc2cc(Cl)ccc2c1Cl)N1CCN([C@H]2CCS(=O)(=O)C2)CC1. The molecule has 2 aliphatic heterocycles. The number of hydrogen-bond acceptors (Lipinski definition) is 5. The van der Waals surface area contributed by atoms with E-state index in [4.69, 9.17) is 23.2 Å². The molecule has 2 saturated heterocycles. The number of carbonyl (C=O) groups is 1. The van der Waals surface area contributed by atoms with Crippen molar-refractivity contribution in [1.82, 2.24) is 9.80 Å². The molecule has 2 aromatic rings. The van der Waals surface area contributed by atoms with Gasteiger partial charge in [0.15, 0.2) is 9.84 Å². The van der Waals surface area contributed by atoms with E-state index in [1.807, 2.05) is 12.1 Å². The van der Waals surface area contributed by atoms with Crippen LogP contribution >= 0.6 is 34.5 Å². The smallest absolute Gasteiger partial charge is 0.265 e. The van der Waals surface area contributed by atoms with E-state index in [0.29, 0.717) is 47.5 Å². The maximum atomic E-state index is 12.9. The number of fused-ring (bicyclic) bond motifs is 1. The summed E-state index contributed by atoms with van der Waals surface area (Å²) in [7, 11) is -2.89. The summed E-state index contributed by atoms with van der Waals surface area (Å²) < 4.78 is 24.3. The second-order valence-corrected chi connectivity index (χ2v) is 10.9. The van der Waals surface area contributed by atoms with Gasteiger partial charge in [0.25, 0.3) is 5.91 Å². The van der Waals surface area contributed by atoms with E-state index in [-0.39, 0.29) is 23.5 Å². The van der Waals surface area contributed by atoms with Crippen LogP contribution in [0.1, 0.15) is 16.1 Å². The second kappa shape index (κ2) is 6.95. The molecule has 1 atom stereocenters. The number of benzene rings is 1. The molecule has 26 heavy (non-hydrogen) atoms. The van der Waals surface area contributed by atoms with Crippen molar-refractivity contribution in [2.24, 2.45) is 0 Å². The van der Waals surface area contributed by atoms with Crippen LogP contribution in [0.3, 0.4) is 0 Å². The van der Waals surface area contributed by atoms with Gasteiger partial charge in [0.05, 0.1) is 16.5 Å². The van der Waals surface area contributed by atoms with Gasteiger partial charge in [0, 0.05) is 47.3 Å². The van der Waals surface area contributed by atoms with E-state index in [0.717, 1.165) is 10.1 Å². The first kappa shape index (κ1) is 18.5. The third-order valence-electron chi connectivity index (χ3n) is 5.11. The zero-order valence-corrected chi connectivity index (χ0v) is 17.1. The minimum Gasteiger partial charge on any atom is -0.335 e. The van der Waals surface area contributed by atoms with Crippen molar-refractivity contribution in [3.63, 3.8) is 0 Å². The van der Waals surface area contributed by atoms with Gasteiger partial charge in [-0.25, -0.2) is 8.42 Å². The van der Waals surface area contributed by atoms with Gasteiger partial charge in [-0.3, -0.25) is 9.69 Å². The highest BCUT2D eigenvalue weighted by atomic mass is 35.5. The zero-order chi connectivity index (χ0) is 18.5. The Morgan fingerprint density at radius 3 is 2.54 bits per heavy atom. The van der Waals surface area contributed by atoms with Crippen LogP contribution < -0.4 is 0 Å². The topological polar surface area (TPSA) is 57.7 Å². The van der Waals surface area contributed by atoms with Crippen LogP contribution in [0, 0.1) is 0 Å². The van der Waals surface area contributed by atoms with Gasteiger partial charge in [-0.15, -0.1) is 11.3 Å². The van der Waals surface area contributed by atoms with Gasteiger partial charge in [-0.2, -0.15) is 0 Å². The standard InChI is InChI=1S/C17H18Cl2N2O3S2/c18-11-1-2-13-14(9-11)25-16(15(13)19)17(22)21-6-4-20(5-7-21)12-3-8-26(23,24)10-12/h1-2,9,12H,3-8,10H2/t12-/m0/s1. The molecule has 1 aromatic carbocycles. The number of halogens is 2. The van der Waals surface area contributed by atoms with Crippen LogP contribution in [-0.2, 0) is 9.84 Å². The number of sulfone groups is 1. The lowest BCUT2D eigenvalue weighted by Gasteiger charge is -2.37. The maximum absolute atomic E-state index is 12.9. The number of carbonyl (C=O) groups excluding carboxylic acids is 1. The fourth-order valence-corrected chi connectivity index (χ4v) is 7.19. The minimum absolute atomic E-state index is 0.0639. The van der Waals surface area contributed by atoms with Crippen LogP contribution in [0.5, 0.6) is 0 Å². The highest BCUT2D eigenvalue weighted by molar-refractivity contribution is 7.91. The lowest BCUT2D eigenvalue weighted by molar-refractivity contribution is 0.0592. The van der Waals surface area contributed by atoms with Gasteiger partial charge in [0.1, 0.15) is 4.88 Å². The summed E-state index contributed by atoms with van der Waals surface area (Å²) in [4.78, 5) is 17.5. The van der Waals surface area contributed by atoms with Gasteiger partial charge in [0.2, 0.25) is 0 Å². The summed E-state index contributed by atoms with van der Waals surface area (Å²) in [6.45, 7) is 2.56. The van der Waals surface area contributed by atoms with Crippen molar-refractivity contribution >= 4 is 60.4 Å². The number of rotatable bonds is 2. The maximum Gasteiger partial charge on any atom is 0.265 e. The Kier molecular flexibility index (Phi) is 4.94. The van der Waals surface area contributed by atoms with E-state index < -0.39 is 9.84 Å². The normalized spacial score (nSPS) is 23.6. The molecule has 1 aromatic heterocycles. The van der Waals surface area contributed by atoms with Crippen molar-refractivity contribution < 1.29 is 13.2 Å². The van der Waals surface area contributed by atoms with Crippen LogP contribution in [0.4, 0.5) is 0 Å². The van der Waals surface area contributed by atoms with Gasteiger partial charge < -0.3 is 4.90 Å². The van der Waals surface area contributed by atoms with E-state index in [2.05, 4.69) is 4.90 Å². The van der Waals surface area contributed by atoms with E-state index in [1.54, 1.807) is 11.0 Å². The summed E-state index contributed by atoms with van der Waals surface area (Å²) in [5.74, 6) is 0.451. The third-order valence-corrected chi connectivity index (χ3v) is 8.74. The number of thiophene rings is 1. The Balaban J connectivity index is 1.46. The predicted octanol–water partition coefficient (Wildman–Crippen LogP) is 3.15. The fourth-order valence-electron chi connectivity index (χ4n) is 3.67. The number of amides is 1. The fraction of sp³-hybridized carbons (Fsp3) is 0.471. The Labute approximate surface area is 166 Å². The summed E-state index contributed by atoms with van der Waals surface area (Å²) in [6.07, 6.45) is 0.694. The molecule has 0 bridgehead atoms. The molecule has 2 fully saturated rings. The quantitative estimate of drug-likeness (QED) is 0.730. The molecular formula is C17H18Cl2N2O3S2. The molecule has 0 aliphatic carbocycles. The molecule has 9 heteroatoms. The van der Waals surface area contributed by atoms with E-state index in [9.17, 15) is 13.2 Å². The van der Waals surface area contributed by atoms with Gasteiger partial charge in [-0.05, 0) is 18.6 Å². The Hall–Kier alpha value is -0.860. The first-order valence-electron chi connectivity index (χ1n) is 8.45. The van der Waals surface area contributed by atoms with E-state index in [1.165, 1.54) is 11.3 Å². The molecule has 0 spiro atoms. The van der Waals surface area contributed by atoms with Gasteiger partial charge >= 0.3 is 0 Å². The van der Waals surface area contributed by atoms with Crippen LogP contribution in [-0.4, -0.2) is 67.9 Å². The summed E-state index contributed by atoms with van der Waals surface area (Å²) in [5.41, 5.74) is 0. The number of nitrogens with zero attached hydrogens (tertiary/aromatic N) is 2. The zero-order valence-electron chi connectivity index (χ0n) is 14.0. The molecule has 3 heterocycles. The molecule has 0 saturated carbocycles. The summed E-state index contributed by atoms with van der Waals surface area (Å²) >= 11 is 13.8. The Morgan fingerprint density at radius 1 is 1.15 bits per heavy atom. The van der Waals surface area contributed by atoms with Crippen LogP contribution in [0.2, 0.25) is 10.0 Å². The molecule has 2 aliphatic rings. The van der Waals surface area contributed by atoms with Crippen molar-refractivity contribution in [3.8, 4) is 0 Å². The van der Waals surface area contributed by atoms with Gasteiger partial charge in [-0.1, -0.05) is 29.3 Å². The van der Waals surface area contributed by atoms with Crippen LogP contribution in [0.15, 0.2) is 18.2 Å². The van der Waals surface area contributed by atoms with E-state index >= 15 is 0 Å². The molecule has 0 unspecified atom stereocenters. The molecule has 1 amide bonds. The lowest BCUT2D eigenvalue weighted by atomic mass is 10.2. The molecule has 140 valence electrons. The largest absolute Gasteiger partial charge is 0.335 e. The highest BCUT2D eigenvalue weighted by Crippen LogP contribution is 2.37. The molecule has 5 nitrogen and oxygen atoms in total. The molecule has 0 N–H and O–H groups in total. The molecule has 4 rings (SSSR count). The third kappa shape index (κ3) is 3.47. The Bertz CT molecular complexity index is 966. The molecular weight excluding hydrogens is 415 g/mol. The monoisotopic (exact) mass is 432 g/mol. The average Bonchev–Trinajstić information content (AvgIpc) is 3.14. The highest BCUT2D eigenvalue weighted by Gasteiger charge is 2.35. The first-order valence-corrected chi connectivity index (χ1v) is 11.8. The van der Waals surface area contributed by atoms with Crippen molar-refractivity contribution in [2.75, 3.05) is 37.7 Å². The first-order chi connectivity index (χ1) is 12.3. The number of piperazine rings is 1. The van der Waals surface area contributed by atoms with Crippen LogP contribution in [0.25, 0.3) is 10.1 Å². The minimum atomic E-state index is -2.89. The second-order valence-electron chi connectivity index (χ2n) is 6.77. The average molecular weight is 433 g/mol. The Morgan fingerprint density at radius 2 is 1.88 bits per heavy atom. The number of hydrogen-bond donors (Lipinski definition) is 0. The van der Waals surface area contributed by atoms with Crippen molar-refractivity contribution in [2.45, 2.75) is 12.5 Å². The summed E-state index contributed by atoms with van der Waals surface area (Å²) in [6, 6.07) is 5.52. The summed E-state index contributed by atoms with van der Waals surface area (Å²) in [5, 5.41) is 1.95. The predicted molar refractivity (Wildman–Crippen MR) is 106 cm³/mol. The van der Waals surface area contributed by atoms with Crippen molar-refractivity contribution in [1.29, 1.82) is 0 Å². The molecule has 0 radical (unpaired) electrons. The van der Waals surface area contributed by atoms with Crippen molar-refractivity contribution in [3.05, 3.63) is 33.1 Å². The lowest BCUT2D eigenvalue weighted by Crippen LogP contribution is -2.52.